The first-order chi connectivity index (χ1) is 15.7. The lowest BCUT2D eigenvalue weighted by Crippen LogP contribution is -2.42. The lowest BCUT2D eigenvalue weighted by atomic mass is 10.0. The van der Waals surface area contributed by atoms with Gasteiger partial charge in [0.25, 0.3) is 0 Å². The highest BCUT2D eigenvalue weighted by Gasteiger charge is 2.24. The molecule has 0 bridgehead atoms. The minimum Gasteiger partial charge on any atom is -0.493 e. The van der Waals surface area contributed by atoms with Crippen LogP contribution in [0.2, 0.25) is 0 Å². The molecule has 1 aromatic carbocycles. The van der Waals surface area contributed by atoms with Crippen molar-refractivity contribution in [3.63, 3.8) is 0 Å². The normalized spacial score (nSPS) is 18.3. The van der Waals surface area contributed by atoms with Crippen molar-refractivity contribution in [3.8, 4) is 11.5 Å². The number of hydrogen-bond acceptors (Lipinski definition) is 6. The van der Waals surface area contributed by atoms with Crippen LogP contribution in [0.4, 0.5) is 0 Å². The monoisotopic (exact) mass is 448 g/mol. The number of hydrogen-bond donors (Lipinski definition) is 2. The summed E-state index contributed by atoms with van der Waals surface area (Å²) >= 11 is 0. The molecule has 1 saturated heterocycles. The van der Waals surface area contributed by atoms with Crippen molar-refractivity contribution >= 4 is 5.96 Å². The molecule has 2 N–H and O–H groups in total. The van der Waals surface area contributed by atoms with Gasteiger partial charge in [-0.15, -0.1) is 0 Å². The van der Waals surface area contributed by atoms with Crippen molar-refractivity contribution in [2.75, 3.05) is 73.4 Å². The standard InChI is InChI=1S/C24H40N4O4/c1-4-25-24(26-10-5-13-32-18-19-6-7-19)27-17-21(28-11-14-31-15-12-28)20-8-9-22(29-2)23(16-20)30-3/h8-9,16,19,21H,4-7,10-15,17-18H2,1-3H3,(H2,25,26,27). The molecule has 1 unspecified atom stereocenters. The second-order valence-electron chi connectivity index (χ2n) is 8.30. The van der Waals surface area contributed by atoms with E-state index in [2.05, 4.69) is 34.6 Å². The summed E-state index contributed by atoms with van der Waals surface area (Å²) in [5.41, 5.74) is 1.16. The van der Waals surface area contributed by atoms with Gasteiger partial charge in [0.2, 0.25) is 0 Å². The molecule has 0 spiro atoms. The Bertz CT molecular complexity index is 705. The molecule has 1 aliphatic heterocycles. The Kier molecular flexibility index (Phi) is 10.4. The molecule has 8 heteroatoms. The van der Waals surface area contributed by atoms with Gasteiger partial charge >= 0.3 is 0 Å². The van der Waals surface area contributed by atoms with Gasteiger partial charge in [0.15, 0.2) is 17.5 Å². The maximum atomic E-state index is 5.73. The van der Waals surface area contributed by atoms with Crippen molar-refractivity contribution in [1.82, 2.24) is 15.5 Å². The zero-order valence-corrected chi connectivity index (χ0v) is 19.9. The molecule has 1 atom stereocenters. The Balaban J connectivity index is 1.62. The highest BCUT2D eigenvalue weighted by molar-refractivity contribution is 5.79. The molecular formula is C24H40N4O4. The first kappa shape index (κ1) is 24.6. The highest BCUT2D eigenvalue weighted by atomic mass is 16.5. The second-order valence-corrected chi connectivity index (χ2v) is 8.30. The number of guanidine groups is 1. The quantitative estimate of drug-likeness (QED) is 0.273. The molecule has 0 aromatic heterocycles. The molecule has 1 heterocycles. The van der Waals surface area contributed by atoms with Crippen molar-refractivity contribution < 1.29 is 18.9 Å². The molecule has 3 rings (SSSR count). The van der Waals surface area contributed by atoms with Gasteiger partial charge in [-0.05, 0) is 49.8 Å². The number of benzene rings is 1. The van der Waals surface area contributed by atoms with Crippen LogP contribution in [0.3, 0.4) is 0 Å². The van der Waals surface area contributed by atoms with E-state index in [4.69, 9.17) is 23.9 Å². The average Bonchev–Trinajstić information content (AvgIpc) is 3.66. The summed E-state index contributed by atoms with van der Waals surface area (Å²) in [7, 11) is 3.33. The van der Waals surface area contributed by atoms with Crippen LogP contribution in [-0.2, 0) is 9.47 Å². The molecule has 180 valence electrons. The van der Waals surface area contributed by atoms with Gasteiger partial charge in [-0.25, -0.2) is 0 Å². The fourth-order valence-electron chi connectivity index (χ4n) is 3.82. The van der Waals surface area contributed by atoms with E-state index in [0.29, 0.717) is 6.54 Å². The van der Waals surface area contributed by atoms with Crippen LogP contribution in [0, 0.1) is 5.92 Å². The topological polar surface area (TPSA) is 76.6 Å². The van der Waals surface area contributed by atoms with Crippen LogP contribution >= 0.6 is 0 Å². The van der Waals surface area contributed by atoms with Crippen molar-refractivity contribution in [2.24, 2.45) is 10.9 Å². The van der Waals surface area contributed by atoms with Crippen molar-refractivity contribution in [2.45, 2.75) is 32.2 Å². The molecule has 0 amide bonds. The van der Waals surface area contributed by atoms with Crippen LogP contribution < -0.4 is 20.1 Å². The van der Waals surface area contributed by atoms with Crippen LogP contribution in [-0.4, -0.2) is 84.2 Å². The van der Waals surface area contributed by atoms with E-state index in [1.165, 1.54) is 12.8 Å². The number of rotatable bonds is 13. The predicted molar refractivity (Wildman–Crippen MR) is 127 cm³/mol. The second kappa shape index (κ2) is 13.5. The molecule has 8 nitrogen and oxygen atoms in total. The van der Waals surface area contributed by atoms with E-state index in [1.54, 1.807) is 14.2 Å². The van der Waals surface area contributed by atoms with Gasteiger partial charge in [0.1, 0.15) is 0 Å². The first-order valence-electron chi connectivity index (χ1n) is 11.9. The van der Waals surface area contributed by atoms with E-state index >= 15 is 0 Å². The lowest BCUT2D eigenvalue weighted by Gasteiger charge is -2.34. The van der Waals surface area contributed by atoms with E-state index in [1.807, 2.05) is 6.07 Å². The molecule has 0 radical (unpaired) electrons. The maximum absolute atomic E-state index is 5.73. The van der Waals surface area contributed by atoms with E-state index in [-0.39, 0.29) is 6.04 Å². The summed E-state index contributed by atoms with van der Waals surface area (Å²) in [6.07, 6.45) is 3.64. The SMILES string of the molecule is CCNC(=NCC(c1ccc(OC)c(OC)c1)N1CCOCC1)NCCCOCC1CC1. The van der Waals surface area contributed by atoms with E-state index in [9.17, 15) is 0 Å². The zero-order valence-electron chi connectivity index (χ0n) is 19.9. The number of ether oxygens (including phenoxy) is 4. The predicted octanol–water partition coefficient (Wildman–Crippen LogP) is 2.45. The molecule has 2 fully saturated rings. The van der Waals surface area contributed by atoms with E-state index in [0.717, 1.165) is 88.0 Å². The third kappa shape index (κ3) is 7.83. The van der Waals surface area contributed by atoms with Gasteiger partial charge in [-0.3, -0.25) is 9.89 Å². The summed E-state index contributed by atoms with van der Waals surface area (Å²) in [6, 6.07) is 6.27. The zero-order chi connectivity index (χ0) is 22.6. The summed E-state index contributed by atoms with van der Waals surface area (Å²) in [5, 5.41) is 6.81. The van der Waals surface area contributed by atoms with Crippen LogP contribution in [0.25, 0.3) is 0 Å². The largest absolute Gasteiger partial charge is 0.493 e. The van der Waals surface area contributed by atoms with Crippen LogP contribution in [0.1, 0.15) is 37.8 Å². The Hall–Kier alpha value is -2.03. The van der Waals surface area contributed by atoms with Gasteiger partial charge in [0.05, 0.1) is 40.0 Å². The van der Waals surface area contributed by atoms with Gasteiger partial charge in [-0.1, -0.05) is 6.07 Å². The minimum atomic E-state index is 0.135. The lowest BCUT2D eigenvalue weighted by molar-refractivity contribution is 0.0179. The molecule has 2 aliphatic rings. The minimum absolute atomic E-state index is 0.135. The Morgan fingerprint density at radius 3 is 2.62 bits per heavy atom. The third-order valence-corrected chi connectivity index (χ3v) is 5.85. The maximum Gasteiger partial charge on any atom is 0.191 e. The Morgan fingerprint density at radius 2 is 1.94 bits per heavy atom. The Labute approximate surface area is 192 Å². The summed E-state index contributed by atoms with van der Waals surface area (Å²) in [5.74, 6) is 3.13. The molecule has 32 heavy (non-hydrogen) atoms. The number of nitrogens with zero attached hydrogens (tertiary/aromatic N) is 2. The summed E-state index contributed by atoms with van der Waals surface area (Å²) in [6.45, 7) is 9.36. The fraction of sp³-hybridized carbons (Fsp3) is 0.708. The molecule has 1 saturated carbocycles. The highest BCUT2D eigenvalue weighted by Crippen LogP contribution is 2.32. The van der Waals surface area contributed by atoms with Gasteiger partial charge < -0.3 is 29.6 Å². The summed E-state index contributed by atoms with van der Waals surface area (Å²) in [4.78, 5) is 7.35. The molecule has 1 aromatic rings. The van der Waals surface area contributed by atoms with Crippen LogP contribution in [0.15, 0.2) is 23.2 Å². The summed E-state index contributed by atoms with van der Waals surface area (Å²) < 4.78 is 22.3. The van der Waals surface area contributed by atoms with Gasteiger partial charge in [0, 0.05) is 39.4 Å². The molecule has 1 aliphatic carbocycles. The first-order valence-corrected chi connectivity index (χ1v) is 11.9. The number of methoxy groups -OCH3 is 2. The average molecular weight is 449 g/mol. The number of nitrogens with one attached hydrogen (secondary N) is 2. The fourth-order valence-corrected chi connectivity index (χ4v) is 3.82. The number of morpholine rings is 1. The van der Waals surface area contributed by atoms with Crippen LogP contribution in [0.5, 0.6) is 11.5 Å². The Morgan fingerprint density at radius 1 is 1.16 bits per heavy atom. The van der Waals surface area contributed by atoms with Crippen molar-refractivity contribution in [3.05, 3.63) is 23.8 Å². The van der Waals surface area contributed by atoms with E-state index < -0.39 is 0 Å². The smallest absolute Gasteiger partial charge is 0.191 e. The number of aliphatic imine (C=N–C) groups is 1. The van der Waals surface area contributed by atoms with Crippen molar-refractivity contribution in [1.29, 1.82) is 0 Å². The van der Waals surface area contributed by atoms with Gasteiger partial charge in [-0.2, -0.15) is 0 Å². The third-order valence-electron chi connectivity index (χ3n) is 5.85. The molecular weight excluding hydrogens is 408 g/mol.